The van der Waals surface area contributed by atoms with Gasteiger partial charge in [0.25, 0.3) is 5.91 Å². The number of amides is 1. The van der Waals surface area contributed by atoms with Gasteiger partial charge in [-0.1, -0.05) is 17.4 Å². The number of aromatic nitrogens is 1. The Morgan fingerprint density at radius 3 is 2.64 bits per heavy atom. The molecule has 28 heavy (non-hydrogen) atoms. The maximum absolute atomic E-state index is 12.7. The highest BCUT2D eigenvalue weighted by molar-refractivity contribution is 7.90. The van der Waals surface area contributed by atoms with Crippen molar-refractivity contribution in [2.75, 3.05) is 19.1 Å². The number of thiazole rings is 1. The number of benzene rings is 1. The Hall–Kier alpha value is -1.82. The predicted molar refractivity (Wildman–Crippen MR) is 108 cm³/mol. The standard InChI is InChI=1S/C17H21N3O5S3/c1-4-9-19-13-8-7-12(27(2,22)23)11-15(13)26-17(19)18-16(21)14-6-5-10-20(14)28(3,24)25/h4,7-8,11,14H,1,5-6,9-10H2,2-3H3. The molecule has 1 atom stereocenters. The lowest BCUT2D eigenvalue weighted by atomic mass is 10.2. The summed E-state index contributed by atoms with van der Waals surface area (Å²) in [5.74, 6) is -0.518. The third-order valence-corrected chi connectivity index (χ3v) is 7.96. The maximum Gasteiger partial charge on any atom is 0.266 e. The van der Waals surface area contributed by atoms with Gasteiger partial charge >= 0.3 is 0 Å². The first kappa shape index (κ1) is 20.9. The van der Waals surface area contributed by atoms with Crippen LogP contribution in [0.15, 0.2) is 40.7 Å². The molecular weight excluding hydrogens is 422 g/mol. The predicted octanol–water partition coefficient (Wildman–Crippen LogP) is 1.14. The van der Waals surface area contributed by atoms with Crippen molar-refractivity contribution in [2.24, 2.45) is 4.99 Å². The number of carbonyl (C=O) groups excluding carboxylic acids is 1. The minimum Gasteiger partial charge on any atom is -0.313 e. The van der Waals surface area contributed by atoms with Crippen molar-refractivity contribution in [1.29, 1.82) is 0 Å². The van der Waals surface area contributed by atoms with Gasteiger partial charge in [0.2, 0.25) is 10.0 Å². The highest BCUT2D eigenvalue weighted by atomic mass is 32.2. The van der Waals surface area contributed by atoms with E-state index in [2.05, 4.69) is 11.6 Å². The number of fused-ring (bicyclic) bond motifs is 1. The molecule has 3 rings (SSSR count). The molecule has 0 aliphatic carbocycles. The van der Waals surface area contributed by atoms with Gasteiger partial charge in [-0.15, -0.1) is 6.58 Å². The summed E-state index contributed by atoms with van der Waals surface area (Å²) < 4.78 is 51.1. The fourth-order valence-corrected chi connectivity index (χ4v) is 6.15. The lowest BCUT2D eigenvalue weighted by molar-refractivity contribution is -0.121. The summed E-state index contributed by atoms with van der Waals surface area (Å²) in [5.41, 5.74) is 0.732. The fraction of sp³-hybridized carbons (Fsp3) is 0.412. The van der Waals surface area contributed by atoms with E-state index in [4.69, 9.17) is 0 Å². The van der Waals surface area contributed by atoms with Crippen LogP contribution in [0.4, 0.5) is 0 Å². The molecule has 0 spiro atoms. The van der Waals surface area contributed by atoms with E-state index in [1.807, 2.05) is 0 Å². The second kappa shape index (κ2) is 7.54. The van der Waals surface area contributed by atoms with E-state index in [0.29, 0.717) is 35.4 Å². The fourth-order valence-electron chi connectivity index (χ4n) is 3.23. The molecule has 1 aliphatic rings. The van der Waals surface area contributed by atoms with Crippen molar-refractivity contribution in [3.05, 3.63) is 35.7 Å². The quantitative estimate of drug-likeness (QED) is 0.645. The van der Waals surface area contributed by atoms with E-state index in [-0.39, 0.29) is 4.90 Å². The molecule has 2 aromatic rings. The van der Waals surface area contributed by atoms with E-state index in [9.17, 15) is 21.6 Å². The highest BCUT2D eigenvalue weighted by Gasteiger charge is 2.36. The molecule has 1 amide bonds. The molecule has 1 fully saturated rings. The van der Waals surface area contributed by atoms with E-state index < -0.39 is 31.8 Å². The minimum absolute atomic E-state index is 0.184. The van der Waals surface area contributed by atoms with Crippen molar-refractivity contribution in [2.45, 2.75) is 30.3 Å². The maximum atomic E-state index is 12.7. The molecule has 1 aromatic heterocycles. The summed E-state index contributed by atoms with van der Waals surface area (Å²) >= 11 is 1.19. The monoisotopic (exact) mass is 443 g/mol. The topological polar surface area (TPSA) is 106 Å². The molecular formula is C17H21N3O5S3. The average molecular weight is 444 g/mol. The van der Waals surface area contributed by atoms with Crippen LogP contribution in [0.5, 0.6) is 0 Å². The third kappa shape index (κ3) is 4.12. The second-order valence-corrected chi connectivity index (χ2v) is 11.6. The van der Waals surface area contributed by atoms with Crippen molar-refractivity contribution >= 4 is 47.3 Å². The van der Waals surface area contributed by atoms with Crippen LogP contribution in [-0.4, -0.2) is 56.7 Å². The first-order chi connectivity index (χ1) is 13.0. The lowest BCUT2D eigenvalue weighted by Crippen LogP contribution is -2.39. The van der Waals surface area contributed by atoms with Crippen molar-refractivity contribution in [3.8, 4) is 0 Å². The molecule has 0 radical (unpaired) electrons. The Kier molecular flexibility index (Phi) is 5.63. The van der Waals surface area contributed by atoms with Crippen LogP contribution in [-0.2, 0) is 31.2 Å². The van der Waals surface area contributed by atoms with Crippen LogP contribution in [0, 0.1) is 0 Å². The van der Waals surface area contributed by atoms with Crippen molar-refractivity contribution in [1.82, 2.24) is 8.87 Å². The molecule has 0 bridgehead atoms. The number of nitrogens with zero attached hydrogens (tertiary/aromatic N) is 3. The smallest absolute Gasteiger partial charge is 0.266 e. The summed E-state index contributed by atoms with van der Waals surface area (Å²) in [4.78, 5) is 17.5. The SMILES string of the molecule is C=CCn1c(=NC(=O)C2CCCN2S(C)(=O)=O)sc2cc(S(C)(=O)=O)ccc21. The molecule has 1 saturated heterocycles. The van der Waals surface area contributed by atoms with E-state index >= 15 is 0 Å². The minimum atomic E-state index is -3.49. The van der Waals surface area contributed by atoms with E-state index in [0.717, 1.165) is 18.0 Å². The van der Waals surface area contributed by atoms with Gasteiger partial charge in [0, 0.05) is 19.3 Å². The zero-order valence-electron chi connectivity index (χ0n) is 15.5. The van der Waals surface area contributed by atoms with Crippen molar-refractivity contribution in [3.63, 3.8) is 0 Å². The van der Waals surface area contributed by atoms with Crippen LogP contribution in [0.3, 0.4) is 0 Å². The molecule has 1 unspecified atom stereocenters. The third-order valence-electron chi connectivity index (χ3n) is 4.51. The zero-order valence-corrected chi connectivity index (χ0v) is 18.0. The molecule has 11 heteroatoms. The van der Waals surface area contributed by atoms with Crippen LogP contribution in [0.1, 0.15) is 12.8 Å². The highest BCUT2D eigenvalue weighted by Crippen LogP contribution is 2.23. The number of hydrogen-bond donors (Lipinski definition) is 0. The summed E-state index contributed by atoms with van der Waals surface area (Å²) in [6.07, 6.45) is 4.91. The number of carbonyl (C=O) groups is 1. The van der Waals surface area contributed by atoms with Crippen LogP contribution in [0.2, 0.25) is 0 Å². The summed E-state index contributed by atoms with van der Waals surface area (Å²) in [5, 5.41) is 0. The molecule has 2 heterocycles. The Balaban J connectivity index is 2.12. The summed E-state index contributed by atoms with van der Waals surface area (Å²) in [6, 6.07) is 3.94. The van der Waals surface area contributed by atoms with Gasteiger partial charge in [0.1, 0.15) is 6.04 Å². The van der Waals surface area contributed by atoms with Gasteiger partial charge in [0.15, 0.2) is 14.6 Å². The number of allylic oxidation sites excluding steroid dienone is 1. The molecule has 8 nitrogen and oxygen atoms in total. The molecule has 0 N–H and O–H groups in total. The summed E-state index contributed by atoms with van der Waals surface area (Å²) in [6.45, 7) is 4.40. The summed E-state index contributed by atoms with van der Waals surface area (Å²) in [7, 11) is -6.85. The van der Waals surface area contributed by atoms with Crippen LogP contribution < -0.4 is 4.80 Å². The largest absolute Gasteiger partial charge is 0.313 e. The number of hydrogen-bond acceptors (Lipinski definition) is 6. The van der Waals surface area contributed by atoms with Gasteiger partial charge in [-0.05, 0) is 31.0 Å². The Morgan fingerprint density at radius 2 is 2.04 bits per heavy atom. The van der Waals surface area contributed by atoms with Crippen molar-refractivity contribution < 1.29 is 21.6 Å². The zero-order chi connectivity index (χ0) is 20.7. The van der Waals surface area contributed by atoms with Gasteiger partial charge in [-0.25, -0.2) is 16.8 Å². The first-order valence-corrected chi connectivity index (χ1v) is 13.1. The Morgan fingerprint density at radius 1 is 1.32 bits per heavy atom. The van der Waals surface area contributed by atoms with Gasteiger partial charge in [-0.3, -0.25) is 4.79 Å². The van der Waals surface area contributed by atoms with Crippen LogP contribution in [0.25, 0.3) is 10.2 Å². The average Bonchev–Trinajstić information content (AvgIpc) is 3.19. The van der Waals surface area contributed by atoms with Crippen LogP contribution >= 0.6 is 11.3 Å². The second-order valence-electron chi connectivity index (χ2n) is 6.67. The molecule has 1 aromatic carbocycles. The Bertz CT molecular complexity index is 1220. The van der Waals surface area contributed by atoms with E-state index in [1.54, 1.807) is 22.8 Å². The first-order valence-electron chi connectivity index (χ1n) is 8.52. The number of rotatable bonds is 5. The van der Waals surface area contributed by atoms with Gasteiger partial charge < -0.3 is 4.57 Å². The van der Waals surface area contributed by atoms with Gasteiger partial charge in [-0.2, -0.15) is 9.30 Å². The van der Waals surface area contributed by atoms with E-state index in [1.165, 1.54) is 21.7 Å². The lowest BCUT2D eigenvalue weighted by Gasteiger charge is -2.18. The normalized spacial score (nSPS) is 19.4. The molecule has 0 saturated carbocycles. The Labute approximate surface area is 167 Å². The molecule has 1 aliphatic heterocycles. The number of sulfone groups is 1. The number of sulfonamides is 1. The van der Waals surface area contributed by atoms with Gasteiger partial charge in [0.05, 0.1) is 21.4 Å². The molecule has 152 valence electrons.